The standard InChI is InChI=1S/C13H15N5/c1-7-12(8(2)18(3)17-7)13-10-6-9(14)4-5-11(10)15-16-13/h4-6H,14H2,1-3H3,(H,15,16). The van der Waals surface area contributed by atoms with Gasteiger partial charge in [0.05, 0.1) is 11.2 Å². The number of aromatic nitrogens is 4. The second-order valence-electron chi connectivity index (χ2n) is 4.55. The molecule has 2 heterocycles. The summed E-state index contributed by atoms with van der Waals surface area (Å²) in [7, 11) is 1.94. The Bertz CT molecular complexity index is 735. The maximum Gasteiger partial charge on any atom is 0.104 e. The number of hydrogen-bond donors (Lipinski definition) is 2. The van der Waals surface area contributed by atoms with Crippen LogP contribution in [0.2, 0.25) is 0 Å². The first kappa shape index (κ1) is 10.8. The van der Waals surface area contributed by atoms with Gasteiger partial charge in [0.1, 0.15) is 5.69 Å². The van der Waals surface area contributed by atoms with Crippen molar-refractivity contribution in [3.05, 3.63) is 29.6 Å². The van der Waals surface area contributed by atoms with E-state index in [0.29, 0.717) is 0 Å². The number of nitrogens with two attached hydrogens (primary N) is 1. The zero-order chi connectivity index (χ0) is 12.9. The summed E-state index contributed by atoms with van der Waals surface area (Å²) in [5.74, 6) is 0. The Kier molecular flexibility index (Phi) is 2.16. The summed E-state index contributed by atoms with van der Waals surface area (Å²) in [5.41, 5.74) is 11.6. The average Bonchev–Trinajstić information content (AvgIpc) is 2.82. The smallest absolute Gasteiger partial charge is 0.104 e. The lowest BCUT2D eigenvalue weighted by Gasteiger charge is -1.99. The second kappa shape index (κ2) is 3.60. The van der Waals surface area contributed by atoms with E-state index < -0.39 is 0 Å². The van der Waals surface area contributed by atoms with E-state index in [0.717, 1.165) is 39.2 Å². The van der Waals surface area contributed by atoms with Gasteiger partial charge in [0, 0.05) is 29.4 Å². The lowest BCUT2D eigenvalue weighted by molar-refractivity contribution is 0.731. The van der Waals surface area contributed by atoms with Gasteiger partial charge in [-0.05, 0) is 32.0 Å². The van der Waals surface area contributed by atoms with Crippen LogP contribution in [0.5, 0.6) is 0 Å². The highest BCUT2D eigenvalue weighted by Gasteiger charge is 2.16. The highest BCUT2D eigenvalue weighted by Crippen LogP contribution is 2.31. The van der Waals surface area contributed by atoms with Crippen molar-refractivity contribution in [3.8, 4) is 11.3 Å². The first-order valence-corrected chi connectivity index (χ1v) is 5.82. The summed E-state index contributed by atoms with van der Waals surface area (Å²) >= 11 is 0. The normalized spacial score (nSPS) is 11.3. The average molecular weight is 241 g/mol. The van der Waals surface area contributed by atoms with Crippen molar-refractivity contribution in [1.82, 2.24) is 20.0 Å². The minimum Gasteiger partial charge on any atom is -0.399 e. The Morgan fingerprint density at radius 2 is 2.06 bits per heavy atom. The summed E-state index contributed by atoms with van der Waals surface area (Å²) in [6.45, 7) is 4.04. The summed E-state index contributed by atoms with van der Waals surface area (Å²) in [5, 5.41) is 12.9. The summed E-state index contributed by atoms with van der Waals surface area (Å²) in [6.07, 6.45) is 0. The lowest BCUT2D eigenvalue weighted by atomic mass is 10.1. The zero-order valence-corrected chi connectivity index (χ0v) is 10.7. The predicted octanol–water partition coefficient (Wildman–Crippen LogP) is 2.16. The van der Waals surface area contributed by atoms with Crippen LogP contribution in [0.15, 0.2) is 18.2 Å². The van der Waals surface area contributed by atoms with Gasteiger partial charge >= 0.3 is 0 Å². The van der Waals surface area contributed by atoms with Crippen molar-refractivity contribution < 1.29 is 0 Å². The van der Waals surface area contributed by atoms with Crippen LogP contribution in [0, 0.1) is 13.8 Å². The Hall–Kier alpha value is -2.30. The molecule has 0 bridgehead atoms. The van der Waals surface area contributed by atoms with Gasteiger partial charge in [0.25, 0.3) is 0 Å². The topological polar surface area (TPSA) is 72.5 Å². The van der Waals surface area contributed by atoms with Crippen LogP contribution in [0.4, 0.5) is 5.69 Å². The van der Waals surface area contributed by atoms with Crippen molar-refractivity contribution in [2.45, 2.75) is 13.8 Å². The molecule has 3 rings (SSSR count). The monoisotopic (exact) mass is 241 g/mol. The Morgan fingerprint density at radius 3 is 2.72 bits per heavy atom. The van der Waals surface area contributed by atoms with Crippen molar-refractivity contribution in [2.75, 3.05) is 5.73 Å². The molecule has 0 aliphatic heterocycles. The molecule has 2 aromatic heterocycles. The number of fused-ring (bicyclic) bond motifs is 1. The summed E-state index contributed by atoms with van der Waals surface area (Å²) < 4.78 is 1.87. The van der Waals surface area contributed by atoms with Crippen LogP contribution in [0.25, 0.3) is 22.2 Å². The minimum absolute atomic E-state index is 0.740. The third-order valence-corrected chi connectivity index (χ3v) is 3.33. The molecule has 0 radical (unpaired) electrons. The van der Waals surface area contributed by atoms with Crippen molar-refractivity contribution in [3.63, 3.8) is 0 Å². The zero-order valence-electron chi connectivity index (χ0n) is 10.7. The maximum absolute atomic E-state index is 5.85. The van der Waals surface area contributed by atoms with E-state index >= 15 is 0 Å². The number of H-pyrrole nitrogens is 1. The number of benzene rings is 1. The highest BCUT2D eigenvalue weighted by atomic mass is 15.3. The molecule has 3 aromatic rings. The van der Waals surface area contributed by atoms with Crippen molar-refractivity contribution >= 4 is 16.6 Å². The molecule has 0 saturated carbocycles. The number of aromatic amines is 1. The third-order valence-electron chi connectivity index (χ3n) is 3.33. The molecule has 18 heavy (non-hydrogen) atoms. The van der Waals surface area contributed by atoms with Crippen LogP contribution >= 0.6 is 0 Å². The van der Waals surface area contributed by atoms with Gasteiger partial charge in [-0.3, -0.25) is 9.78 Å². The lowest BCUT2D eigenvalue weighted by Crippen LogP contribution is -1.92. The van der Waals surface area contributed by atoms with E-state index in [1.54, 1.807) is 0 Å². The first-order chi connectivity index (χ1) is 8.58. The van der Waals surface area contributed by atoms with E-state index in [-0.39, 0.29) is 0 Å². The number of anilines is 1. The molecule has 0 unspecified atom stereocenters. The van der Waals surface area contributed by atoms with E-state index in [2.05, 4.69) is 15.3 Å². The summed E-state index contributed by atoms with van der Waals surface area (Å²) in [6, 6.07) is 5.76. The van der Waals surface area contributed by atoms with Crippen molar-refractivity contribution in [1.29, 1.82) is 0 Å². The molecular weight excluding hydrogens is 226 g/mol. The molecule has 5 nitrogen and oxygen atoms in total. The van der Waals surface area contributed by atoms with Gasteiger partial charge in [0.2, 0.25) is 0 Å². The molecule has 0 fully saturated rings. The largest absolute Gasteiger partial charge is 0.399 e. The van der Waals surface area contributed by atoms with E-state index in [1.807, 2.05) is 43.8 Å². The molecule has 0 saturated heterocycles. The van der Waals surface area contributed by atoms with Crippen molar-refractivity contribution in [2.24, 2.45) is 7.05 Å². The van der Waals surface area contributed by atoms with Crippen LogP contribution in [0.3, 0.4) is 0 Å². The summed E-state index contributed by atoms with van der Waals surface area (Å²) in [4.78, 5) is 0. The molecule has 0 aliphatic carbocycles. The van der Waals surface area contributed by atoms with E-state index in [9.17, 15) is 0 Å². The minimum atomic E-state index is 0.740. The Balaban J connectivity index is 2.35. The molecule has 5 heteroatoms. The molecule has 92 valence electrons. The fourth-order valence-corrected chi connectivity index (χ4v) is 2.34. The highest BCUT2D eigenvalue weighted by molar-refractivity contribution is 5.95. The van der Waals surface area contributed by atoms with Crippen LogP contribution in [-0.2, 0) is 7.05 Å². The van der Waals surface area contributed by atoms with Crippen LogP contribution < -0.4 is 5.73 Å². The van der Waals surface area contributed by atoms with Gasteiger partial charge in [-0.1, -0.05) is 0 Å². The van der Waals surface area contributed by atoms with Gasteiger partial charge in [-0.25, -0.2) is 0 Å². The Labute approximate surface area is 105 Å². The number of nitrogen functional groups attached to an aromatic ring is 1. The van der Waals surface area contributed by atoms with E-state index in [1.165, 1.54) is 0 Å². The fraction of sp³-hybridized carbons (Fsp3) is 0.231. The van der Waals surface area contributed by atoms with E-state index in [4.69, 9.17) is 5.73 Å². The molecule has 1 aromatic carbocycles. The number of hydrogen-bond acceptors (Lipinski definition) is 3. The van der Waals surface area contributed by atoms with Gasteiger partial charge in [-0.15, -0.1) is 0 Å². The van der Waals surface area contributed by atoms with Gasteiger partial charge in [0.15, 0.2) is 0 Å². The predicted molar refractivity (Wildman–Crippen MR) is 72.2 cm³/mol. The number of nitrogens with one attached hydrogen (secondary N) is 1. The number of rotatable bonds is 1. The van der Waals surface area contributed by atoms with Gasteiger partial charge in [-0.2, -0.15) is 10.2 Å². The Morgan fingerprint density at radius 1 is 1.28 bits per heavy atom. The molecule has 0 atom stereocenters. The fourth-order valence-electron chi connectivity index (χ4n) is 2.34. The second-order valence-corrected chi connectivity index (χ2v) is 4.55. The number of aryl methyl sites for hydroxylation is 2. The number of nitrogens with zero attached hydrogens (tertiary/aromatic N) is 3. The van der Waals surface area contributed by atoms with Gasteiger partial charge < -0.3 is 5.73 Å². The molecular formula is C13H15N5. The molecule has 0 aliphatic rings. The first-order valence-electron chi connectivity index (χ1n) is 5.82. The van der Waals surface area contributed by atoms with Crippen LogP contribution in [0.1, 0.15) is 11.4 Å². The molecule has 3 N–H and O–H groups in total. The SMILES string of the molecule is Cc1nn(C)c(C)c1-c1n[nH]c2ccc(N)cc12. The molecule has 0 spiro atoms. The maximum atomic E-state index is 5.85. The molecule has 0 amide bonds. The quantitative estimate of drug-likeness (QED) is 0.641. The third kappa shape index (κ3) is 1.40. The van der Waals surface area contributed by atoms with Crippen LogP contribution in [-0.4, -0.2) is 20.0 Å².